The summed E-state index contributed by atoms with van der Waals surface area (Å²) < 4.78 is 66.7. The number of halogens is 1. The van der Waals surface area contributed by atoms with Crippen molar-refractivity contribution in [3.8, 4) is 5.69 Å². The number of fused-ring (bicyclic) bond motifs is 1. The van der Waals surface area contributed by atoms with Crippen molar-refractivity contribution >= 4 is 66.7 Å². The largest absolute Gasteiger partial charge is 0.748 e. The highest BCUT2D eigenvalue weighted by Crippen LogP contribution is 2.48. The third-order valence-electron chi connectivity index (χ3n) is 5.86. The van der Waals surface area contributed by atoms with E-state index in [0.29, 0.717) is 18.1 Å². The van der Waals surface area contributed by atoms with Crippen LogP contribution in [0.25, 0.3) is 5.69 Å². The Kier molecular flexibility index (Phi) is 10.1. The minimum absolute atomic E-state index is 0.224. The number of quaternary nitrogens is 1. The summed E-state index contributed by atoms with van der Waals surface area (Å²) in [5.41, 5.74) is 2.68. The molecule has 0 saturated heterocycles. The van der Waals surface area contributed by atoms with Gasteiger partial charge in [0, 0.05) is 52.0 Å². The predicted octanol–water partition coefficient (Wildman–Crippen LogP) is 4.60. The third-order valence-corrected chi connectivity index (χ3v) is 9.77. The lowest BCUT2D eigenvalue weighted by atomic mass is 10.2. The quantitative estimate of drug-likeness (QED) is 0.119. The van der Waals surface area contributed by atoms with Crippen LogP contribution in [0.2, 0.25) is 5.02 Å². The number of anilines is 1. The number of allylic oxidation sites excluding steroid dienone is 1. The van der Waals surface area contributed by atoms with E-state index in [1.54, 1.807) is 6.07 Å². The summed E-state index contributed by atoms with van der Waals surface area (Å²) in [5.74, 6) is -0.773. The number of hydrogen-bond donors (Lipinski definition) is 2. The zero-order chi connectivity index (χ0) is 28.9. The Morgan fingerprint density at radius 3 is 2.55 bits per heavy atom. The summed E-state index contributed by atoms with van der Waals surface area (Å²) in [6.07, 6.45) is 6.23. The fraction of sp³-hybridized carbons (Fsp3) is 0.231. The second kappa shape index (κ2) is 13.2. The first kappa shape index (κ1) is 30.7. The number of thioether (sulfide) groups is 2. The molecule has 1 aromatic heterocycles. The molecule has 14 heteroatoms. The second-order valence-electron chi connectivity index (χ2n) is 8.98. The van der Waals surface area contributed by atoms with Crippen LogP contribution in [-0.2, 0) is 20.2 Å². The van der Waals surface area contributed by atoms with Crippen LogP contribution in [0.5, 0.6) is 0 Å². The molecule has 1 aliphatic heterocycles. The van der Waals surface area contributed by atoms with E-state index in [4.69, 9.17) is 11.6 Å². The minimum atomic E-state index is -4.27. The van der Waals surface area contributed by atoms with Gasteiger partial charge in [-0.3, -0.25) is 4.55 Å². The van der Waals surface area contributed by atoms with Gasteiger partial charge < -0.3 is 19.3 Å². The lowest BCUT2D eigenvalue weighted by Gasteiger charge is -2.20. The topological polar surface area (TPSA) is 136 Å². The Morgan fingerprint density at radius 2 is 1.85 bits per heavy atom. The average Bonchev–Trinajstić information content (AvgIpc) is 3.50. The highest BCUT2D eigenvalue weighted by molar-refractivity contribution is 8.04. The van der Waals surface area contributed by atoms with Gasteiger partial charge in [-0.2, -0.15) is 8.42 Å². The fourth-order valence-corrected chi connectivity index (χ4v) is 7.34. The van der Waals surface area contributed by atoms with E-state index in [9.17, 15) is 25.9 Å². The Morgan fingerprint density at radius 1 is 1.10 bits per heavy atom. The predicted molar refractivity (Wildman–Crippen MR) is 160 cm³/mol. The van der Waals surface area contributed by atoms with Gasteiger partial charge in [0.25, 0.3) is 10.1 Å². The fourth-order valence-electron chi connectivity index (χ4n) is 4.10. The molecule has 3 aromatic rings. The molecule has 0 spiro atoms. The van der Waals surface area contributed by atoms with Crippen molar-refractivity contribution in [1.82, 2.24) is 4.57 Å². The molecule has 2 aromatic carbocycles. The van der Waals surface area contributed by atoms with Gasteiger partial charge in [-0.15, -0.1) is 0 Å². The maximum atomic E-state index is 11.3. The van der Waals surface area contributed by atoms with Gasteiger partial charge in [0.2, 0.25) is 0 Å². The Hall–Kier alpha value is -2.23. The van der Waals surface area contributed by atoms with Gasteiger partial charge in [-0.1, -0.05) is 41.7 Å². The van der Waals surface area contributed by atoms with Gasteiger partial charge in [-0.05, 0) is 55.0 Å². The van der Waals surface area contributed by atoms with Gasteiger partial charge in [-0.25, -0.2) is 8.42 Å². The minimum Gasteiger partial charge on any atom is -0.748 e. The van der Waals surface area contributed by atoms with Crippen molar-refractivity contribution < 1.29 is 31.3 Å². The average molecular weight is 642 g/mol. The van der Waals surface area contributed by atoms with Gasteiger partial charge >= 0.3 is 0 Å². The first-order valence-electron chi connectivity index (χ1n) is 12.2. The van der Waals surface area contributed by atoms with Crippen molar-refractivity contribution in [2.45, 2.75) is 22.6 Å². The maximum absolute atomic E-state index is 11.3. The van der Waals surface area contributed by atoms with Crippen molar-refractivity contribution in [3.63, 3.8) is 0 Å². The number of nitrogens with two attached hydrogens (primary N) is 1. The highest BCUT2D eigenvalue weighted by atomic mass is 35.5. The number of aromatic nitrogens is 1. The number of nitrogens with zero attached hydrogens (tertiary/aromatic N) is 2. The molecule has 0 fully saturated rings. The van der Waals surface area contributed by atoms with E-state index < -0.39 is 26.0 Å². The van der Waals surface area contributed by atoms with Crippen LogP contribution in [0.4, 0.5) is 11.4 Å². The Bertz CT molecular complexity index is 1620. The van der Waals surface area contributed by atoms with E-state index >= 15 is 0 Å². The van der Waals surface area contributed by atoms with Gasteiger partial charge in [0.15, 0.2) is 0 Å². The van der Waals surface area contributed by atoms with Crippen LogP contribution in [0.3, 0.4) is 0 Å². The molecule has 0 bridgehead atoms. The molecule has 214 valence electrons. The molecule has 0 amide bonds. The van der Waals surface area contributed by atoms with Gasteiger partial charge in [0.1, 0.15) is 5.69 Å². The summed E-state index contributed by atoms with van der Waals surface area (Å²) in [5, 5.41) is 3.33. The van der Waals surface area contributed by atoms with Crippen LogP contribution < -0.4 is 10.2 Å². The number of hydrogen-bond acceptors (Lipinski definition) is 8. The monoisotopic (exact) mass is 641 g/mol. The molecule has 1 aliphatic rings. The SMILES string of the molecule is C=C(/C=C1/Sc2ccc(Cl)cc2N1CCCS(=O)(=O)O)Sc1ccc(-n2cccc2)cc1[NH2+]CCCS(=O)(=O)[O-]. The molecule has 9 nitrogen and oxygen atoms in total. The first-order valence-corrected chi connectivity index (χ1v) is 17.4. The van der Waals surface area contributed by atoms with Crippen LogP contribution in [0.15, 0.2) is 93.3 Å². The molecule has 40 heavy (non-hydrogen) atoms. The van der Waals surface area contributed by atoms with Crippen molar-refractivity contribution in [1.29, 1.82) is 0 Å². The molecule has 4 rings (SSSR count). The van der Waals surface area contributed by atoms with Crippen LogP contribution in [0, 0.1) is 0 Å². The summed E-state index contributed by atoms with van der Waals surface area (Å²) in [4.78, 5) is 4.57. The second-order valence-corrected chi connectivity index (χ2v) is 14.7. The van der Waals surface area contributed by atoms with E-state index in [2.05, 4.69) is 6.58 Å². The van der Waals surface area contributed by atoms with Crippen molar-refractivity contribution in [2.24, 2.45) is 0 Å². The highest BCUT2D eigenvalue weighted by Gasteiger charge is 2.26. The normalized spacial score (nSPS) is 14.6. The standard InChI is InChI=1S/C26H28ClN3O6S4/c1-19(16-26-30(13-5-15-40(34,35)36)23-17-20(27)6-8-25(23)38-26)37-24-9-7-21(29-11-2-3-12-29)18-22(24)28-10-4-14-39(31,32)33/h2-3,6-9,11-12,16-18,28H,1,4-5,10,13-15H2,(H,31,32,33)(H,34,35,36)/b26-16+. The third kappa shape index (κ3) is 8.88. The van der Waals surface area contributed by atoms with Gasteiger partial charge in [0.05, 0.1) is 43.7 Å². The van der Waals surface area contributed by atoms with Crippen LogP contribution >= 0.6 is 35.1 Å². The smallest absolute Gasteiger partial charge is 0.264 e. The molecule has 0 radical (unpaired) electrons. The lowest BCUT2D eigenvalue weighted by molar-refractivity contribution is -0.573. The maximum Gasteiger partial charge on any atom is 0.264 e. The van der Waals surface area contributed by atoms with E-state index in [1.165, 1.54) is 23.5 Å². The lowest BCUT2D eigenvalue weighted by Crippen LogP contribution is -2.78. The number of rotatable bonds is 13. The summed E-state index contributed by atoms with van der Waals surface area (Å²) in [6.45, 7) is 5.01. The summed E-state index contributed by atoms with van der Waals surface area (Å²) >= 11 is 9.20. The van der Waals surface area contributed by atoms with E-state index in [-0.39, 0.29) is 18.6 Å². The van der Waals surface area contributed by atoms with Crippen LogP contribution in [0.1, 0.15) is 12.8 Å². The first-order chi connectivity index (χ1) is 18.9. The Balaban J connectivity index is 1.55. The van der Waals surface area contributed by atoms with E-state index in [0.717, 1.165) is 36.8 Å². The zero-order valence-corrected chi connectivity index (χ0v) is 25.3. The van der Waals surface area contributed by atoms with Crippen LogP contribution in [-0.4, -0.2) is 55.1 Å². The summed E-state index contributed by atoms with van der Waals surface area (Å²) in [6, 6.07) is 15.3. The molecule has 2 heterocycles. The zero-order valence-electron chi connectivity index (χ0n) is 21.3. The van der Waals surface area contributed by atoms with E-state index in [1.807, 2.05) is 75.7 Å². The van der Waals surface area contributed by atoms with Crippen molar-refractivity contribution in [3.05, 3.63) is 88.5 Å². The molecule has 3 N–H and O–H groups in total. The molecule has 0 saturated carbocycles. The molecular weight excluding hydrogens is 614 g/mol. The molecule has 0 atom stereocenters. The van der Waals surface area contributed by atoms with Crippen molar-refractivity contribution in [2.75, 3.05) is 29.5 Å². The molecule has 0 aliphatic carbocycles. The Labute approximate surface area is 247 Å². The summed E-state index contributed by atoms with van der Waals surface area (Å²) in [7, 11) is -8.36. The number of benzene rings is 2. The molecular formula is C26H28ClN3O6S4. The molecule has 0 unspecified atom stereocenters.